The number of ether oxygens (including phenoxy) is 2. The predicted molar refractivity (Wildman–Crippen MR) is 73.3 cm³/mol. The molecule has 1 aliphatic rings. The fourth-order valence-corrected chi connectivity index (χ4v) is 2.21. The number of hydrogen-bond donors (Lipinski definition) is 0. The Morgan fingerprint density at radius 1 is 1.26 bits per heavy atom. The van der Waals surface area contributed by atoms with Gasteiger partial charge in [0.15, 0.2) is 0 Å². The summed E-state index contributed by atoms with van der Waals surface area (Å²) in [7, 11) is 1.66. The molecule has 1 aromatic carbocycles. The van der Waals surface area contributed by atoms with E-state index < -0.39 is 0 Å². The van der Waals surface area contributed by atoms with Gasteiger partial charge in [-0.1, -0.05) is 12.1 Å². The minimum Gasteiger partial charge on any atom is -0.497 e. The van der Waals surface area contributed by atoms with Crippen LogP contribution in [0.3, 0.4) is 0 Å². The molecular weight excluding hydrogens is 242 g/mol. The van der Waals surface area contributed by atoms with Crippen LogP contribution in [-0.4, -0.2) is 44.2 Å². The lowest BCUT2D eigenvalue weighted by Gasteiger charge is -2.26. The molecule has 4 nitrogen and oxygen atoms in total. The van der Waals surface area contributed by atoms with E-state index in [9.17, 15) is 4.79 Å². The summed E-state index contributed by atoms with van der Waals surface area (Å²) in [6, 6.07) is 8.02. The number of morpholine rings is 1. The number of carbonyl (C=O) groups is 1. The second-order valence-electron chi connectivity index (χ2n) is 4.69. The molecule has 0 radical (unpaired) electrons. The summed E-state index contributed by atoms with van der Waals surface area (Å²) in [4.78, 5) is 13.8. The molecule has 0 spiro atoms. The van der Waals surface area contributed by atoms with Gasteiger partial charge in [-0.25, -0.2) is 0 Å². The summed E-state index contributed by atoms with van der Waals surface area (Å²) in [5.41, 5.74) is 1.25. The van der Waals surface area contributed by atoms with Crippen molar-refractivity contribution in [2.45, 2.75) is 19.3 Å². The van der Waals surface area contributed by atoms with Gasteiger partial charge in [0, 0.05) is 19.5 Å². The number of nitrogens with zero attached hydrogens (tertiary/aromatic N) is 1. The summed E-state index contributed by atoms with van der Waals surface area (Å²) in [6.07, 6.45) is 2.44. The zero-order chi connectivity index (χ0) is 13.5. The molecule has 104 valence electrons. The Labute approximate surface area is 114 Å². The molecule has 2 rings (SSSR count). The van der Waals surface area contributed by atoms with Crippen LogP contribution in [0.5, 0.6) is 5.75 Å². The quantitative estimate of drug-likeness (QED) is 0.814. The maximum atomic E-state index is 11.9. The molecule has 0 saturated carbocycles. The molecular formula is C15H21NO3. The highest BCUT2D eigenvalue weighted by atomic mass is 16.5. The van der Waals surface area contributed by atoms with Crippen molar-refractivity contribution in [3.05, 3.63) is 29.8 Å². The van der Waals surface area contributed by atoms with Gasteiger partial charge in [0.2, 0.25) is 5.91 Å². The molecule has 0 aromatic heterocycles. The molecule has 0 bridgehead atoms. The maximum Gasteiger partial charge on any atom is 0.222 e. The fraction of sp³-hybridized carbons (Fsp3) is 0.533. The largest absolute Gasteiger partial charge is 0.497 e. The summed E-state index contributed by atoms with van der Waals surface area (Å²) in [5.74, 6) is 1.12. The van der Waals surface area contributed by atoms with Crippen molar-refractivity contribution in [1.82, 2.24) is 4.90 Å². The average molecular weight is 263 g/mol. The molecule has 1 saturated heterocycles. The molecule has 0 N–H and O–H groups in total. The lowest BCUT2D eigenvalue weighted by Crippen LogP contribution is -2.40. The first kappa shape index (κ1) is 13.9. The average Bonchev–Trinajstić information content (AvgIpc) is 2.49. The van der Waals surface area contributed by atoms with E-state index in [1.807, 2.05) is 17.0 Å². The third-order valence-electron chi connectivity index (χ3n) is 3.38. The fourth-order valence-electron chi connectivity index (χ4n) is 2.21. The van der Waals surface area contributed by atoms with Crippen LogP contribution in [0.1, 0.15) is 18.4 Å². The van der Waals surface area contributed by atoms with Crippen molar-refractivity contribution >= 4 is 5.91 Å². The zero-order valence-corrected chi connectivity index (χ0v) is 11.4. The van der Waals surface area contributed by atoms with E-state index in [2.05, 4.69) is 12.1 Å². The van der Waals surface area contributed by atoms with Crippen LogP contribution in [0, 0.1) is 0 Å². The topological polar surface area (TPSA) is 38.8 Å². The van der Waals surface area contributed by atoms with E-state index in [1.54, 1.807) is 7.11 Å². The molecule has 0 aliphatic carbocycles. The third-order valence-corrected chi connectivity index (χ3v) is 3.38. The smallest absolute Gasteiger partial charge is 0.222 e. The van der Waals surface area contributed by atoms with Crippen LogP contribution < -0.4 is 4.74 Å². The van der Waals surface area contributed by atoms with Gasteiger partial charge in [-0.2, -0.15) is 0 Å². The van der Waals surface area contributed by atoms with Crippen LogP contribution in [0.4, 0.5) is 0 Å². The van der Waals surface area contributed by atoms with Gasteiger partial charge in [-0.3, -0.25) is 4.79 Å². The van der Waals surface area contributed by atoms with Crippen molar-refractivity contribution in [2.75, 3.05) is 33.4 Å². The van der Waals surface area contributed by atoms with Gasteiger partial charge < -0.3 is 14.4 Å². The standard InChI is InChI=1S/C15H21NO3/c1-18-14-7-5-13(6-8-14)3-2-4-15(17)16-9-11-19-12-10-16/h5-8H,2-4,9-12H2,1H3. The van der Waals surface area contributed by atoms with Gasteiger partial charge >= 0.3 is 0 Å². The molecule has 4 heteroatoms. The van der Waals surface area contributed by atoms with Crippen LogP contribution in [0.25, 0.3) is 0 Å². The Hall–Kier alpha value is -1.55. The van der Waals surface area contributed by atoms with Gasteiger partial charge in [-0.05, 0) is 30.5 Å². The van der Waals surface area contributed by atoms with Crippen molar-refractivity contribution in [1.29, 1.82) is 0 Å². The minimum atomic E-state index is 0.247. The molecule has 0 atom stereocenters. The molecule has 1 heterocycles. The normalized spacial score (nSPS) is 15.3. The molecule has 1 aromatic rings. The predicted octanol–water partition coefficient (Wildman–Crippen LogP) is 1.88. The van der Waals surface area contributed by atoms with E-state index in [0.717, 1.165) is 31.7 Å². The van der Waals surface area contributed by atoms with Crippen LogP contribution in [0.15, 0.2) is 24.3 Å². The Bertz CT molecular complexity index is 396. The monoisotopic (exact) mass is 263 g/mol. The Morgan fingerprint density at radius 3 is 2.58 bits per heavy atom. The maximum absolute atomic E-state index is 11.9. The molecule has 0 unspecified atom stereocenters. The van der Waals surface area contributed by atoms with E-state index >= 15 is 0 Å². The van der Waals surface area contributed by atoms with E-state index in [1.165, 1.54) is 5.56 Å². The van der Waals surface area contributed by atoms with Crippen molar-refractivity contribution in [3.63, 3.8) is 0 Å². The number of methoxy groups -OCH3 is 1. The van der Waals surface area contributed by atoms with Gasteiger partial charge in [0.25, 0.3) is 0 Å². The van der Waals surface area contributed by atoms with Gasteiger partial charge in [-0.15, -0.1) is 0 Å². The summed E-state index contributed by atoms with van der Waals surface area (Å²) in [5, 5.41) is 0. The Balaban J connectivity index is 1.71. The van der Waals surface area contributed by atoms with E-state index in [0.29, 0.717) is 19.6 Å². The lowest BCUT2D eigenvalue weighted by molar-refractivity contribution is -0.135. The number of hydrogen-bond acceptors (Lipinski definition) is 3. The first-order valence-electron chi connectivity index (χ1n) is 6.78. The third kappa shape index (κ3) is 4.24. The van der Waals surface area contributed by atoms with Gasteiger partial charge in [0.05, 0.1) is 20.3 Å². The highest BCUT2D eigenvalue weighted by Crippen LogP contribution is 2.13. The highest BCUT2D eigenvalue weighted by Gasteiger charge is 2.15. The number of aryl methyl sites for hydroxylation is 1. The van der Waals surface area contributed by atoms with E-state index in [4.69, 9.17) is 9.47 Å². The van der Waals surface area contributed by atoms with E-state index in [-0.39, 0.29) is 5.91 Å². The summed E-state index contributed by atoms with van der Waals surface area (Å²) >= 11 is 0. The molecule has 19 heavy (non-hydrogen) atoms. The number of benzene rings is 1. The molecule has 1 fully saturated rings. The Morgan fingerprint density at radius 2 is 1.95 bits per heavy atom. The SMILES string of the molecule is COc1ccc(CCCC(=O)N2CCOCC2)cc1. The number of amides is 1. The summed E-state index contributed by atoms with van der Waals surface area (Å²) < 4.78 is 10.4. The highest BCUT2D eigenvalue weighted by molar-refractivity contribution is 5.76. The van der Waals surface area contributed by atoms with Crippen molar-refractivity contribution in [3.8, 4) is 5.75 Å². The van der Waals surface area contributed by atoms with Crippen molar-refractivity contribution < 1.29 is 14.3 Å². The Kier molecular flexibility index (Phi) is 5.21. The first-order chi connectivity index (χ1) is 9.29. The summed E-state index contributed by atoms with van der Waals surface area (Å²) in [6.45, 7) is 2.82. The second kappa shape index (κ2) is 7.14. The number of rotatable bonds is 5. The minimum absolute atomic E-state index is 0.247. The van der Waals surface area contributed by atoms with Crippen molar-refractivity contribution in [2.24, 2.45) is 0 Å². The molecule has 1 amide bonds. The lowest BCUT2D eigenvalue weighted by atomic mass is 10.1. The van der Waals surface area contributed by atoms with Crippen LogP contribution >= 0.6 is 0 Å². The molecule has 1 aliphatic heterocycles. The zero-order valence-electron chi connectivity index (χ0n) is 11.4. The second-order valence-corrected chi connectivity index (χ2v) is 4.69. The first-order valence-corrected chi connectivity index (χ1v) is 6.78. The van der Waals surface area contributed by atoms with Crippen LogP contribution in [-0.2, 0) is 16.0 Å². The van der Waals surface area contributed by atoms with Crippen LogP contribution in [0.2, 0.25) is 0 Å². The number of carbonyl (C=O) groups excluding carboxylic acids is 1. The van der Waals surface area contributed by atoms with Gasteiger partial charge in [0.1, 0.15) is 5.75 Å².